The molecule has 1 saturated carbocycles. The lowest BCUT2D eigenvalue weighted by Gasteiger charge is -2.45. The minimum absolute atomic E-state index is 0.0422. The zero-order valence-corrected chi connectivity index (χ0v) is 10.9. The van der Waals surface area contributed by atoms with Crippen LogP contribution < -0.4 is 10.6 Å². The summed E-state index contributed by atoms with van der Waals surface area (Å²) in [5, 5.41) is 6.60. The summed E-state index contributed by atoms with van der Waals surface area (Å²) in [7, 11) is 0. The van der Waals surface area contributed by atoms with Crippen molar-refractivity contribution >= 4 is 5.91 Å². The quantitative estimate of drug-likeness (QED) is 0.675. The average molecular weight is 253 g/mol. The molecule has 0 radical (unpaired) electrons. The van der Waals surface area contributed by atoms with Gasteiger partial charge in [0, 0.05) is 26.2 Å². The first-order valence-corrected chi connectivity index (χ1v) is 7.22. The van der Waals surface area contributed by atoms with Gasteiger partial charge in [-0.25, -0.2) is 0 Å². The largest absolute Gasteiger partial charge is 0.374 e. The lowest BCUT2D eigenvalue weighted by molar-refractivity contribution is -0.151. The van der Waals surface area contributed by atoms with Crippen LogP contribution in [-0.4, -0.2) is 61.8 Å². The van der Waals surface area contributed by atoms with Crippen LogP contribution in [0.15, 0.2) is 0 Å². The first-order valence-electron chi connectivity index (χ1n) is 7.22. The van der Waals surface area contributed by atoms with Crippen molar-refractivity contribution in [3.05, 3.63) is 0 Å². The molecular weight excluding hydrogens is 230 g/mol. The molecule has 18 heavy (non-hydrogen) atoms. The number of nitrogens with one attached hydrogen (secondary N) is 2. The maximum absolute atomic E-state index is 12.6. The molecule has 2 N–H and O–H groups in total. The van der Waals surface area contributed by atoms with Crippen molar-refractivity contribution in [3.63, 3.8) is 0 Å². The Morgan fingerprint density at radius 2 is 2.11 bits per heavy atom. The molecule has 0 spiro atoms. The van der Waals surface area contributed by atoms with Crippen LogP contribution in [0.5, 0.6) is 0 Å². The zero-order chi connectivity index (χ0) is 12.4. The molecule has 3 fully saturated rings. The number of rotatable bonds is 1. The summed E-state index contributed by atoms with van der Waals surface area (Å²) in [5.41, 5.74) is 0. The maximum Gasteiger partial charge on any atom is 0.241 e. The number of carbonyl (C=O) groups is 1. The molecule has 1 aliphatic carbocycles. The van der Waals surface area contributed by atoms with E-state index in [1.807, 2.05) is 0 Å². The highest BCUT2D eigenvalue weighted by Gasteiger charge is 2.38. The van der Waals surface area contributed by atoms with Crippen molar-refractivity contribution in [1.29, 1.82) is 0 Å². The topological polar surface area (TPSA) is 53.6 Å². The summed E-state index contributed by atoms with van der Waals surface area (Å²) in [4.78, 5) is 14.7. The lowest BCUT2D eigenvalue weighted by Crippen LogP contribution is -2.62. The van der Waals surface area contributed by atoms with E-state index in [1.54, 1.807) is 0 Å². The predicted molar refractivity (Wildman–Crippen MR) is 68.4 cm³/mol. The van der Waals surface area contributed by atoms with Gasteiger partial charge in [0.05, 0.1) is 24.8 Å². The van der Waals surface area contributed by atoms with E-state index >= 15 is 0 Å². The van der Waals surface area contributed by atoms with Crippen molar-refractivity contribution in [2.24, 2.45) is 0 Å². The number of fused-ring (bicyclic) bond motifs is 1. The summed E-state index contributed by atoms with van der Waals surface area (Å²) in [6.07, 6.45) is 4.98. The number of nitrogens with zero attached hydrogens (tertiary/aromatic N) is 1. The normalized spacial score (nSPS) is 37.1. The Morgan fingerprint density at radius 1 is 1.22 bits per heavy atom. The van der Waals surface area contributed by atoms with Crippen LogP contribution in [0.2, 0.25) is 0 Å². The molecule has 3 unspecified atom stereocenters. The Hall–Kier alpha value is -0.650. The summed E-state index contributed by atoms with van der Waals surface area (Å²) in [6, 6.07) is 0.281. The third-order valence-electron chi connectivity index (χ3n) is 4.35. The van der Waals surface area contributed by atoms with Gasteiger partial charge >= 0.3 is 0 Å². The van der Waals surface area contributed by atoms with Crippen LogP contribution in [0.4, 0.5) is 0 Å². The van der Waals surface area contributed by atoms with Crippen molar-refractivity contribution < 1.29 is 9.53 Å². The first kappa shape index (κ1) is 12.4. The van der Waals surface area contributed by atoms with E-state index in [0.29, 0.717) is 12.6 Å². The number of ether oxygens (including phenoxy) is 1. The molecule has 0 aromatic rings. The fraction of sp³-hybridized carbons (Fsp3) is 0.923. The van der Waals surface area contributed by atoms with Crippen LogP contribution >= 0.6 is 0 Å². The minimum atomic E-state index is -0.0422. The SMILES string of the molecule is O=C(C1CNCCN1)N1CCOC2CCCCC21. The Bertz CT molecular complexity index is 303. The molecule has 0 bridgehead atoms. The highest BCUT2D eigenvalue weighted by Crippen LogP contribution is 2.28. The Labute approximate surface area is 108 Å². The molecule has 1 amide bonds. The first-order chi connectivity index (χ1) is 8.86. The molecule has 2 saturated heterocycles. The van der Waals surface area contributed by atoms with Gasteiger partial charge in [0.2, 0.25) is 5.91 Å². The second-order valence-electron chi connectivity index (χ2n) is 5.50. The molecule has 102 valence electrons. The molecule has 2 heterocycles. The zero-order valence-electron chi connectivity index (χ0n) is 10.9. The predicted octanol–water partition coefficient (Wildman–Crippen LogP) is -0.282. The summed E-state index contributed by atoms with van der Waals surface area (Å²) in [5.74, 6) is 0.266. The lowest BCUT2D eigenvalue weighted by atomic mass is 9.89. The molecule has 3 atom stereocenters. The van der Waals surface area contributed by atoms with E-state index < -0.39 is 0 Å². The highest BCUT2D eigenvalue weighted by atomic mass is 16.5. The van der Waals surface area contributed by atoms with E-state index in [4.69, 9.17) is 4.74 Å². The molecule has 3 rings (SSSR count). The Kier molecular flexibility index (Phi) is 3.82. The van der Waals surface area contributed by atoms with Gasteiger partial charge in [-0.1, -0.05) is 12.8 Å². The molecule has 5 nitrogen and oxygen atoms in total. The van der Waals surface area contributed by atoms with Gasteiger partial charge in [0.15, 0.2) is 0 Å². The monoisotopic (exact) mass is 253 g/mol. The van der Waals surface area contributed by atoms with Crippen molar-refractivity contribution in [3.8, 4) is 0 Å². The van der Waals surface area contributed by atoms with Crippen LogP contribution in [0, 0.1) is 0 Å². The Balaban J connectivity index is 1.67. The van der Waals surface area contributed by atoms with Crippen LogP contribution in [0.3, 0.4) is 0 Å². The number of morpholine rings is 1. The number of amides is 1. The number of carbonyl (C=O) groups excluding carboxylic acids is 1. The number of piperazine rings is 1. The smallest absolute Gasteiger partial charge is 0.241 e. The van der Waals surface area contributed by atoms with Gasteiger partial charge in [0.1, 0.15) is 0 Å². The fourth-order valence-corrected chi connectivity index (χ4v) is 3.40. The molecule has 0 aromatic carbocycles. The standard InChI is InChI=1S/C13H23N3O2/c17-13(10-9-14-5-6-15-10)16-7-8-18-12-4-2-1-3-11(12)16/h10-12,14-15H,1-9H2. The van der Waals surface area contributed by atoms with Gasteiger partial charge < -0.3 is 20.3 Å². The fourth-order valence-electron chi connectivity index (χ4n) is 3.40. The summed E-state index contributed by atoms with van der Waals surface area (Å²) >= 11 is 0. The maximum atomic E-state index is 12.6. The van der Waals surface area contributed by atoms with Crippen molar-refractivity contribution in [1.82, 2.24) is 15.5 Å². The number of hydrogen-bond acceptors (Lipinski definition) is 4. The van der Waals surface area contributed by atoms with Gasteiger partial charge in [0.25, 0.3) is 0 Å². The summed E-state index contributed by atoms with van der Waals surface area (Å²) < 4.78 is 5.82. The molecule has 3 aliphatic rings. The Morgan fingerprint density at radius 3 is 2.94 bits per heavy atom. The number of hydrogen-bond donors (Lipinski definition) is 2. The van der Waals surface area contributed by atoms with Gasteiger partial charge in [-0.3, -0.25) is 4.79 Å². The van der Waals surface area contributed by atoms with Crippen LogP contribution in [0.1, 0.15) is 25.7 Å². The van der Waals surface area contributed by atoms with E-state index in [-0.39, 0.29) is 18.1 Å². The highest BCUT2D eigenvalue weighted by molar-refractivity contribution is 5.82. The van der Waals surface area contributed by atoms with E-state index in [9.17, 15) is 4.79 Å². The molecule has 2 aliphatic heterocycles. The molecule has 0 aromatic heterocycles. The third kappa shape index (κ3) is 2.39. The second kappa shape index (κ2) is 5.55. The van der Waals surface area contributed by atoms with Crippen molar-refractivity contribution in [2.75, 3.05) is 32.8 Å². The van der Waals surface area contributed by atoms with Crippen LogP contribution in [0.25, 0.3) is 0 Å². The molecular formula is C13H23N3O2. The van der Waals surface area contributed by atoms with Gasteiger partial charge in [-0.05, 0) is 12.8 Å². The third-order valence-corrected chi connectivity index (χ3v) is 4.35. The van der Waals surface area contributed by atoms with Gasteiger partial charge in [-0.15, -0.1) is 0 Å². The minimum Gasteiger partial charge on any atom is -0.374 e. The van der Waals surface area contributed by atoms with Crippen molar-refractivity contribution in [2.45, 2.75) is 43.9 Å². The molecule has 5 heteroatoms. The van der Waals surface area contributed by atoms with E-state index in [2.05, 4.69) is 15.5 Å². The van der Waals surface area contributed by atoms with E-state index in [0.717, 1.165) is 39.0 Å². The van der Waals surface area contributed by atoms with Gasteiger partial charge in [-0.2, -0.15) is 0 Å². The average Bonchev–Trinajstić information content (AvgIpc) is 2.47. The summed E-state index contributed by atoms with van der Waals surface area (Å²) in [6.45, 7) is 4.06. The second-order valence-corrected chi connectivity index (χ2v) is 5.50. The van der Waals surface area contributed by atoms with Crippen LogP contribution in [-0.2, 0) is 9.53 Å². The van der Waals surface area contributed by atoms with E-state index in [1.165, 1.54) is 12.8 Å².